The number of thiocarbonyl (C=S) groups is 1. The average Bonchev–Trinajstić information content (AvgIpc) is 2.55. The topological polar surface area (TPSA) is 41.1 Å². The van der Waals surface area contributed by atoms with Crippen LogP contribution < -0.4 is 10.6 Å². The van der Waals surface area contributed by atoms with E-state index in [0.29, 0.717) is 21.1 Å². The number of amides is 1. The minimum absolute atomic E-state index is 0.272. The Morgan fingerprint density at radius 3 is 2.38 bits per heavy atom. The van der Waals surface area contributed by atoms with Crippen LogP contribution in [0.3, 0.4) is 0 Å². The summed E-state index contributed by atoms with van der Waals surface area (Å²) in [7, 11) is 0. The Hall–Kier alpha value is -0.650. The summed E-state index contributed by atoms with van der Waals surface area (Å²) in [6.07, 6.45) is 8.20. The Balaban J connectivity index is 1.40. The molecule has 0 unspecified atom stereocenters. The van der Waals surface area contributed by atoms with E-state index in [1.807, 2.05) is 6.07 Å². The summed E-state index contributed by atoms with van der Waals surface area (Å²) < 4.78 is 0.813. The molecule has 140 valence electrons. The molecule has 1 atom stereocenters. The first-order chi connectivity index (χ1) is 12.3. The SMILES string of the molecule is C[C@@H](NC(=S)NC(=O)c1cc(Br)ccc1Cl)C12CC3CC(CC(C3)C1)C2. The van der Waals surface area contributed by atoms with Crippen LogP contribution in [0, 0.1) is 23.2 Å². The first-order valence-electron chi connectivity index (χ1n) is 9.41. The predicted octanol–water partition coefficient (Wildman–Crippen LogP) is 5.31. The normalized spacial score (nSPS) is 33.0. The van der Waals surface area contributed by atoms with Gasteiger partial charge in [0.05, 0.1) is 10.6 Å². The molecule has 3 nitrogen and oxygen atoms in total. The van der Waals surface area contributed by atoms with Crippen LogP contribution >= 0.6 is 39.7 Å². The molecule has 0 aliphatic heterocycles. The maximum absolute atomic E-state index is 12.5. The van der Waals surface area contributed by atoms with Crippen molar-refractivity contribution in [3.05, 3.63) is 33.3 Å². The van der Waals surface area contributed by atoms with Crippen molar-refractivity contribution < 1.29 is 4.79 Å². The quantitative estimate of drug-likeness (QED) is 0.607. The minimum atomic E-state index is -0.272. The second kappa shape index (κ2) is 7.06. The minimum Gasteiger partial charge on any atom is -0.359 e. The maximum atomic E-state index is 12.5. The van der Waals surface area contributed by atoms with Gasteiger partial charge in [0.15, 0.2) is 5.11 Å². The monoisotopic (exact) mass is 454 g/mol. The molecule has 0 radical (unpaired) electrons. The molecule has 4 aliphatic rings. The first-order valence-corrected chi connectivity index (χ1v) is 11.0. The summed E-state index contributed by atoms with van der Waals surface area (Å²) in [6.45, 7) is 2.23. The van der Waals surface area contributed by atoms with Crippen molar-refractivity contribution in [1.82, 2.24) is 10.6 Å². The van der Waals surface area contributed by atoms with Crippen LogP contribution in [0.5, 0.6) is 0 Å². The lowest BCUT2D eigenvalue weighted by atomic mass is 9.48. The molecule has 0 spiro atoms. The summed E-state index contributed by atoms with van der Waals surface area (Å²) in [5, 5.41) is 7.04. The molecular weight excluding hydrogens is 432 g/mol. The van der Waals surface area contributed by atoms with E-state index in [1.54, 1.807) is 12.1 Å². The van der Waals surface area contributed by atoms with Crippen molar-refractivity contribution in [3.63, 3.8) is 0 Å². The zero-order valence-electron chi connectivity index (χ0n) is 14.9. The van der Waals surface area contributed by atoms with Gasteiger partial charge in [-0.1, -0.05) is 27.5 Å². The Morgan fingerprint density at radius 1 is 1.23 bits per heavy atom. The van der Waals surface area contributed by atoms with Crippen LogP contribution in [-0.4, -0.2) is 17.1 Å². The summed E-state index contributed by atoms with van der Waals surface area (Å²) in [5.74, 6) is 2.42. The molecule has 4 saturated carbocycles. The van der Waals surface area contributed by atoms with Gasteiger partial charge in [-0.25, -0.2) is 0 Å². The maximum Gasteiger partial charge on any atom is 0.258 e. The van der Waals surface area contributed by atoms with Gasteiger partial charge in [-0.05, 0) is 99.0 Å². The Morgan fingerprint density at radius 2 is 1.81 bits per heavy atom. The zero-order valence-corrected chi connectivity index (χ0v) is 18.0. The summed E-state index contributed by atoms with van der Waals surface area (Å²) in [5.41, 5.74) is 0.768. The van der Waals surface area contributed by atoms with Crippen molar-refractivity contribution in [2.24, 2.45) is 23.2 Å². The van der Waals surface area contributed by atoms with Gasteiger partial charge in [0.25, 0.3) is 5.91 Å². The largest absolute Gasteiger partial charge is 0.359 e. The molecule has 1 amide bonds. The van der Waals surface area contributed by atoms with Gasteiger partial charge >= 0.3 is 0 Å². The van der Waals surface area contributed by atoms with Crippen LogP contribution in [0.15, 0.2) is 22.7 Å². The van der Waals surface area contributed by atoms with Crippen LogP contribution in [0.25, 0.3) is 0 Å². The summed E-state index contributed by atoms with van der Waals surface area (Å²) in [4.78, 5) is 12.5. The molecule has 26 heavy (non-hydrogen) atoms. The van der Waals surface area contributed by atoms with Crippen LogP contribution in [0.4, 0.5) is 0 Å². The number of carbonyl (C=O) groups is 1. The van der Waals surface area contributed by atoms with E-state index in [0.717, 1.165) is 22.2 Å². The van der Waals surface area contributed by atoms with E-state index in [-0.39, 0.29) is 11.9 Å². The van der Waals surface area contributed by atoms with Crippen molar-refractivity contribution in [3.8, 4) is 0 Å². The molecule has 0 heterocycles. The molecule has 2 N–H and O–H groups in total. The van der Waals surface area contributed by atoms with E-state index >= 15 is 0 Å². The standard InChI is InChI=1S/C20H24BrClN2OS/c1-11(20-8-12-4-13(9-20)6-14(5-12)10-20)23-19(26)24-18(25)16-7-15(21)2-3-17(16)22/h2-3,7,11-14H,4-6,8-10H2,1H3,(H2,23,24,25,26)/t11-,12?,13?,14?,20?/m1/s1. The number of benzene rings is 1. The Labute approximate surface area is 173 Å². The second-order valence-electron chi connectivity index (χ2n) is 8.55. The molecule has 6 heteroatoms. The highest BCUT2D eigenvalue weighted by Crippen LogP contribution is 2.61. The lowest BCUT2D eigenvalue weighted by Gasteiger charge is -2.59. The van der Waals surface area contributed by atoms with Gasteiger partial charge in [-0.3, -0.25) is 10.1 Å². The molecule has 4 bridgehead atoms. The van der Waals surface area contributed by atoms with Gasteiger partial charge in [0, 0.05) is 10.5 Å². The van der Waals surface area contributed by atoms with E-state index in [4.69, 9.17) is 23.8 Å². The van der Waals surface area contributed by atoms with Crippen molar-refractivity contribution in [1.29, 1.82) is 0 Å². The van der Waals surface area contributed by atoms with E-state index < -0.39 is 0 Å². The Bertz CT molecular complexity index is 718. The highest BCUT2D eigenvalue weighted by Gasteiger charge is 2.53. The van der Waals surface area contributed by atoms with Crippen molar-refractivity contribution in [2.45, 2.75) is 51.5 Å². The molecule has 1 aromatic carbocycles. The number of nitrogens with one attached hydrogen (secondary N) is 2. The summed E-state index contributed by atoms with van der Waals surface area (Å²) in [6, 6.07) is 5.50. The van der Waals surface area contributed by atoms with Crippen molar-refractivity contribution >= 4 is 50.8 Å². The molecule has 0 saturated heterocycles. The van der Waals surface area contributed by atoms with Crippen LogP contribution in [0.1, 0.15) is 55.8 Å². The van der Waals surface area contributed by atoms with Gasteiger partial charge in [-0.2, -0.15) is 0 Å². The fraction of sp³-hybridized carbons (Fsp3) is 0.600. The van der Waals surface area contributed by atoms with Gasteiger partial charge < -0.3 is 5.32 Å². The molecule has 0 aromatic heterocycles. The number of rotatable bonds is 3. The first kappa shape index (κ1) is 18.7. The van der Waals surface area contributed by atoms with Crippen LogP contribution in [-0.2, 0) is 0 Å². The lowest BCUT2D eigenvalue weighted by molar-refractivity contribution is -0.0672. The van der Waals surface area contributed by atoms with E-state index in [2.05, 4.69) is 33.5 Å². The fourth-order valence-corrected chi connectivity index (χ4v) is 6.77. The van der Waals surface area contributed by atoms with Crippen LogP contribution in [0.2, 0.25) is 5.02 Å². The third-order valence-corrected chi connectivity index (χ3v) is 7.79. The number of hydrogen-bond donors (Lipinski definition) is 2. The van der Waals surface area contributed by atoms with Crippen molar-refractivity contribution in [2.75, 3.05) is 0 Å². The van der Waals surface area contributed by atoms with Gasteiger partial charge in [0.2, 0.25) is 0 Å². The van der Waals surface area contributed by atoms with Gasteiger partial charge in [-0.15, -0.1) is 0 Å². The Kier molecular flexibility index (Phi) is 5.08. The van der Waals surface area contributed by atoms with E-state index in [1.165, 1.54) is 38.5 Å². The smallest absolute Gasteiger partial charge is 0.258 e. The average molecular weight is 456 g/mol. The highest BCUT2D eigenvalue weighted by molar-refractivity contribution is 9.10. The van der Waals surface area contributed by atoms with Gasteiger partial charge in [0.1, 0.15) is 0 Å². The number of halogens is 2. The number of hydrogen-bond acceptors (Lipinski definition) is 2. The third kappa shape index (κ3) is 3.55. The molecule has 4 aliphatic carbocycles. The molecule has 1 aromatic rings. The summed E-state index contributed by atoms with van der Waals surface area (Å²) >= 11 is 15.0. The molecular formula is C20H24BrClN2OS. The van der Waals surface area contributed by atoms with E-state index in [9.17, 15) is 4.79 Å². The highest BCUT2D eigenvalue weighted by atomic mass is 79.9. The molecule has 5 rings (SSSR count). The third-order valence-electron chi connectivity index (χ3n) is 6.75. The lowest BCUT2D eigenvalue weighted by Crippen LogP contribution is -2.57. The fourth-order valence-electron chi connectivity index (χ4n) is 5.94. The number of carbonyl (C=O) groups excluding carboxylic acids is 1. The predicted molar refractivity (Wildman–Crippen MR) is 112 cm³/mol. The zero-order chi connectivity index (χ0) is 18.5. The second-order valence-corrected chi connectivity index (χ2v) is 10.3. The molecule has 4 fully saturated rings.